The van der Waals surface area contributed by atoms with Gasteiger partial charge in [-0.15, -0.1) is 0 Å². The molecule has 4 rings (SSSR count). The minimum absolute atomic E-state index is 0.0577. The van der Waals surface area contributed by atoms with E-state index in [0.29, 0.717) is 41.7 Å². The number of hydrogen-bond acceptors (Lipinski definition) is 6. The minimum atomic E-state index is -1.17. The summed E-state index contributed by atoms with van der Waals surface area (Å²) in [6, 6.07) is 6.47. The minimum Gasteiger partial charge on any atom is -0.486 e. The summed E-state index contributed by atoms with van der Waals surface area (Å²) in [7, 11) is 0. The number of imide groups is 1. The fraction of sp³-hybridized carbons (Fsp3) is 0.353. The van der Waals surface area contributed by atoms with Crippen molar-refractivity contribution in [3.8, 4) is 11.5 Å². The smallest absolute Gasteiger partial charge is 0.325 e. The van der Waals surface area contributed by atoms with Crippen molar-refractivity contribution in [3.63, 3.8) is 0 Å². The average Bonchev–Trinajstić information content (AvgIpc) is 3.11. The van der Waals surface area contributed by atoms with Gasteiger partial charge >= 0.3 is 6.03 Å². The summed E-state index contributed by atoms with van der Waals surface area (Å²) < 4.78 is 16.1. The Hall–Kier alpha value is -3.03. The number of carbonyl (C=O) groups is 2. The van der Waals surface area contributed by atoms with Crippen molar-refractivity contribution in [2.24, 2.45) is 0 Å². The topological polar surface area (TPSA) is 93.9 Å². The monoisotopic (exact) mass is 343 g/mol. The van der Waals surface area contributed by atoms with Gasteiger partial charge in [0.1, 0.15) is 30.2 Å². The molecule has 2 aliphatic heterocycles. The lowest BCUT2D eigenvalue weighted by Crippen LogP contribution is -2.41. The molecule has 0 bridgehead atoms. The SMILES string of the molecule is Cc1cc(CN2C(=O)NC(C)(c3ccc4c(c3)OCCO4)C2=O)no1. The van der Waals surface area contributed by atoms with Crippen molar-refractivity contribution in [1.82, 2.24) is 15.4 Å². The van der Waals surface area contributed by atoms with E-state index in [0.717, 1.165) is 4.90 Å². The number of benzene rings is 1. The number of aromatic nitrogens is 1. The first-order valence-electron chi connectivity index (χ1n) is 7.94. The molecule has 0 saturated carbocycles. The Labute approximate surface area is 143 Å². The van der Waals surface area contributed by atoms with Crippen LogP contribution in [0.1, 0.15) is 23.9 Å². The van der Waals surface area contributed by atoms with Crippen LogP contribution >= 0.6 is 0 Å². The Bertz CT molecular complexity index is 862. The number of hydrogen-bond donors (Lipinski definition) is 1. The Morgan fingerprint density at radius 2 is 1.96 bits per heavy atom. The Morgan fingerprint density at radius 3 is 2.68 bits per heavy atom. The molecule has 0 radical (unpaired) electrons. The molecule has 3 heterocycles. The van der Waals surface area contributed by atoms with Crippen LogP contribution in [-0.4, -0.2) is 35.2 Å². The third-order valence-corrected chi connectivity index (χ3v) is 4.39. The van der Waals surface area contributed by atoms with E-state index in [1.54, 1.807) is 38.1 Å². The van der Waals surface area contributed by atoms with E-state index in [4.69, 9.17) is 14.0 Å². The van der Waals surface area contributed by atoms with Gasteiger partial charge in [0.05, 0.1) is 6.54 Å². The summed E-state index contributed by atoms with van der Waals surface area (Å²) in [5, 5.41) is 6.60. The number of urea groups is 1. The molecule has 8 heteroatoms. The van der Waals surface area contributed by atoms with Gasteiger partial charge in [-0.2, -0.15) is 0 Å². The molecule has 2 aromatic rings. The molecule has 3 amide bonds. The van der Waals surface area contributed by atoms with Crippen LogP contribution in [0.2, 0.25) is 0 Å². The number of aryl methyl sites for hydroxylation is 1. The molecule has 1 unspecified atom stereocenters. The van der Waals surface area contributed by atoms with Gasteiger partial charge in [0.15, 0.2) is 11.5 Å². The Balaban J connectivity index is 1.63. The molecule has 1 N–H and O–H groups in total. The molecule has 1 fully saturated rings. The lowest BCUT2D eigenvalue weighted by atomic mass is 9.91. The zero-order chi connectivity index (χ0) is 17.6. The molecular weight excluding hydrogens is 326 g/mol. The quantitative estimate of drug-likeness (QED) is 0.853. The summed E-state index contributed by atoms with van der Waals surface area (Å²) in [5.74, 6) is 1.47. The molecule has 0 spiro atoms. The first kappa shape index (κ1) is 15.5. The van der Waals surface area contributed by atoms with Crippen LogP contribution < -0.4 is 14.8 Å². The largest absolute Gasteiger partial charge is 0.486 e. The maximum absolute atomic E-state index is 12.9. The predicted molar refractivity (Wildman–Crippen MR) is 85.1 cm³/mol. The van der Waals surface area contributed by atoms with Crippen molar-refractivity contribution < 1.29 is 23.6 Å². The van der Waals surface area contributed by atoms with E-state index < -0.39 is 11.6 Å². The van der Waals surface area contributed by atoms with Crippen LogP contribution in [0.4, 0.5) is 4.79 Å². The van der Waals surface area contributed by atoms with Crippen LogP contribution in [0, 0.1) is 6.92 Å². The highest BCUT2D eigenvalue weighted by molar-refractivity contribution is 6.07. The van der Waals surface area contributed by atoms with Crippen molar-refractivity contribution in [3.05, 3.63) is 41.3 Å². The Morgan fingerprint density at radius 1 is 1.20 bits per heavy atom. The molecule has 2 aliphatic rings. The van der Waals surface area contributed by atoms with Gasteiger partial charge in [-0.1, -0.05) is 11.2 Å². The highest BCUT2D eigenvalue weighted by Gasteiger charge is 2.49. The van der Waals surface area contributed by atoms with Crippen molar-refractivity contribution >= 4 is 11.9 Å². The molecule has 1 aromatic carbocycles. The Kier molecular flexibility index (Phi) is 3.41. The zero-order valence-corrected chi connectivity index (χ0v) is 13.9. The number of amides is 3. The van der Waals surface area contributed by atoms with E-state index >= 15 is 0 Å². The highest BCUT2D eigenvalue weighted by atomic mass is 16.6. The molecule has 1 aromatic heterocycles. The number of nitrogens with one attached hydrogen (secondary N) is 1. The highest BCUT2D eigenvalue weighted by Crippen LogP contribution is 2.37. The van der Waals surface area contributed by atoms with E-state index in [2.05, 4.69) is 10.5 Å². The normalized spacial score (nSPS) is 22.2. The molecule has 1 atom stereocenters. The molecule has 130 valence electrons. The van der Waals surface area contributed by atoms with Gasteiger partial charge in [-0.25, -0.2) is 4.79 Å². The van der Waals surface area contributed by atoms with E-state index in [1.807, 2.05) is 0 Å². The molecule has 1 saturated heterocycles. The van der Waals surface area contributed by atoms with Crippen molar-refractivity contribution in [2.75, 3.05) is 13.2 Å². The van der Waals surface area contributed by atoms with Gasteiger partial charge < -0.3 is 19.3 Å². The van der Waals surface area contributed by atoms with Crippen molar-refractivity contribution in [2.45, 2.75) is 25.9 Å². The number of carbonyl (C=O) groups excluding carboxylic acids is 2. The van der Waals surface area contributed by atoms with Crippen LogP contribution in [0.3, 0.4) is 0 Å². The fourth-order valence-electron chi connectivity index (χ4n) is 3.05. The second-order valence-corrected chi connectivity index (χ2v) is 6.23. The molecule has 25 heavy (non-hydrogen) atoms. The van der Waals surface area contributed by atoms with Crippen LogP contribution in [0.5, 0.6) is 11.5 Å². The number of ether oxygens (including phenoxy) is 2. The summed E-state index contributed by atoms with van der Waals surface area (Å²) in [4.78, 5) is 26.4. The second kappa shape index (κ2) is 5.51. The van der Waals surface area contributed by atoms with Gasteiger partial charge in [0.25, 0.3) is 5.91 Å². The first-order chi connectivity index (χ1) is 12.0. The third-order valence-electron chi connectivity index (χ3n) is 4.39. The number of nitrogens with zero attached hydrogens (tertiary/aromatic N) is 2. The summed E-state index contributed by atoms with van der Waals surface area (Å²) in [5.41, 5.74) is -0.0209. The van der Waals surface area contributed by atoms with Gasteiger partial charge in [-0.05, 0) is 31.5 Å². The van der Waals surface area contributed by atoms with Crippen LogP contribution in [0.15, 0.2) is 28.8 Å². The zero-order valence-electron chi connectivity index (χ0n) is 13.9. The van der Waals surface area contributed by atoms with E-state index in [1.165, 1.54) is 0 Å². The summed E-state index contributed by atoms with van der Waals surface area (Å²) in [6.07, 6.45) is 0. The van der Waals surface area contributed by atoms with Gasteiger partial charge in [0.2, 0.25) is 0 Å². The summed E-state index contributed by atoms with van der Waals surface area (Å²) >= 11 is 0. The van der Waals surface area contributed by atoms with Gasteiger partial charge in [-0.3, -0.25) is 9.69 Å². The number of fused-ring (bicyclic) bond motifs is 1. The lowest BCUT2D eigenvalue weighted by molar-refractivity contribution is -0.131. The molecule has 0 aliphatic carbocycles. The standard InChI is InChI=1S/C17H17N3O5/c1-10-7-12(19-25-10)9-20-15(21)17(2,18-16(20)22)11-3-4-13-14(8-11)24-6-5-23-13/h3-4,7-8H,5-6,9H2,1-2H3,(H,18,22). The predicted octanol–water partition coefficient (Wildman–Crippen LogP) is 1.72. The first-order valence-corrected chi connectivity index (χ1v) is 7.94. The molecule has 8 nitrogen and oxygen atoms in total. The maximum Gasteiger partial charge on any atom is 0.325 e. The molecular formula is C17H17N3O5. The third kappa shape index (κ3) is 2.50. The number of rotatable bonds is 3. The maximum atomic E-state index is 12.9. The van der Waals surface area contributed by atoms with Gasteiger partial charge in [0, 0.05) is 6.07 Å². The van der Waals surface area contributed by atoms with E-state index in [-0.39, 0.29) is 12.5 Å². The summed E-state index contributed by atoms with van der Waals surface area (Å²) in [6.45, 7) is 4.42. The fourth-order valence-corrected chi connectivity index (χ4v) is 3.05. The van der Waals surface area contributed by atoms with Crippen molar-refractivity contribution in [1.29, 1.82) is 0 Å². The van der Waals surface area contributed by atoms with Crippen LogP contribution in [-0.2, 0) is 16.9 Å². The van der Waals surface area contributed by atoms with E-state index in [9.17, 15) is 9.59 Å². The average molecular weight is 343 g/mol. The van der Waals surface area contributed by atoms with Crippen LogP contribution in [0.25, 0.3) is 0 Å². The second-order valence-electron chi connectivity index (χ2n) is 6.23. The lowest BCUT2D eigenvalue weighted by Gasteiger charge is -2.25.